The van der Waals surface area contributed by atoms with Gasteiger partial charge in [-0.3, -0.25) is 0 Å². The van der Waals surface area contributed by atoms with Crippen molar-refractivity contribution in [3.05, 3.63) is 27.8 Å². The van der Waals surface area contributed by atoms with E-state index in [9.17, 15) is 5.11 Å². The van der Waals surface area contributed by atoms with Gasteiger partial charge in [0.15, 0.2) is 0 Å². The summed E-state index contributed by atoms with van der Waals surface area (Å²) >= 11 is 6.17. The maximum absolute atomic E-state index is 9.88. The highest BCUT2D eigenvalue weighted by atomic mass is 35.5. The average molecular weight is 241 g/mol. The second kappa shape index (κ2) is 4.64. The van der Waals surface area contributed by atoms with E-state index in [0.717, 1.165) is 18.4 Å². The van der Waals surface area contributed by atoms with E-state index < -0.39 is 6.10 Å². The molecule has 2 rings (SSSR count). The van der Waals surface area contributed by atoms with E-state index in [1.165, 1.54) is 24.0 Å². The first-order valence-corrected chi connectivity index (χ1v) is 6.09. The van der Waals surface area contributed by atoms with Gasteiger partial charge < -0.3 is 9.84 Å². The number of halogens is 1. The number of rotatable bonds is 2. The minimum absolute atomic E-state index is 0.527. The highest BCUT2D eigenvalue weighted by Gasteiger charge is 2.22. The summed E-state index contributed by atoms with van der Waals surface area (Å²) in [4.78, 5) is 0. The Kier molecular flexibility index (Phi) is 3.41. The van der Waals surface area contributed by atoms with Crippen molar-refractivity contribution >= 4 is 11.6 Å². The van der Waals surface area contributed by atoms with Crippen LogP contribution in [0.2, 0.25) is 5.02 Å². The lowest BCUT2D eigenvalue weighted by Gasteiger charge is -2.24. The van der Waals surface area contributed by atoms with E-state index in [4.69, 9.17) is 16.3 Å². The van der Waals surface area contributed by atoms with Crippen LogP contribution in [0.4, 0.5) is 0 Å². The molecule has 88 valence electrons. The fourth-order valence-electron chi connectivity index (χ4n) is 2.53. The number of aliphatic hydroxyl groups is 1. The molecule has 0 saturated heterocycles. The number of ether oxygens (including phenoxy) is 1. The average Bonchev–Trinajstić information content (AvgIpc) is 2.26. The molecule has 1 aromatic rings. The molecule has 1 aliphatic rings. The number of hydrogen-bond donors (Lipinski definition) is 1. The van der Waals surface area contributed by atoms with Gasteiger partial charge in [-0.2, -0.15) is 0 Å². The van der Waals surface area contributed by atoms with Gasteiger partial charge in [0.2, 0.25) is 0 Å². The summed E-state index contributed by atoms with van der Waals surface area (Å²) in [6, 6.07) is 1.99. The predicted octanol–water partition coefficient (Wildman–Crippen LogP) is 3.28. The standard InChI is InChI=1S/C13H17ClO2/c1-8(15)12-10-6-4-3-5-9(10)7-11(14)13(12)16-2/h7-8,15H,3-6H2,1-2H3. The maximum Gasteiger partial charge on any atom is 0.143 e. The Morgan fingerprint density at radius 1 is 1.38 bits per heavy atom. The van der Waals surface area contributed by atoms with E-state index in [1.54, 1.807) is 14.0 Å². The molecular weight excluding hydrogens is 224 g/mol. The number of benzene rings is 1. The zero-order valence-corrected chi connectivity index (χ0v) is 10.5. The molecule has 0 heterocycles. The molecule has 1 unspecified atom stereocenters. The summed E-state index contributed by atoms with van der Waals surface area (Å²) in [5.41, 5.74) is 3.39. The minimum Gasteiger partial charge on any atom is -0.495 e. The molecule has 0 saturated carbocycles. The predicted molar refractivity (Wildman–Crippen MR) is 65.3 cm³/mol. The van der Waals surface area contributed by atoms with Gasteiger partial charge in [-0.25, -0.2) is 0 Å². The molecule has 3 heteroatoms. The number of aliphatic hydroxyl groups excluding tert-OH is 1. The second-order valence-corrected chi connectivity index (χ2v) is 4.73. The van der Waals surface area contributed by atoms with Crippen molar-refractivity contribution in [1.29, 1.82) is 0 Å². The van der Waals surface area contributed by atoms with Crippen molar-refractivity contribution < 1.29 is 9.84 Å². The monoisotopic (exact) mass is 240 g/mol. The van der Waals surface area contributed by atoms with Gasteiger partial charge in [0, 0.05) is 5.56 Å². The van der Waals surface area contributed by atoms with Crippen LogP contribution in [-0.4, -0.2) is 12.2 Å². The van der Waals surface area contributed by atoms with Crippen molar-refractivity contribution in [3.8, 4) is 5.75 Å². The van der Waals surface area contributed by atoms with Gasteiger partial charge in [-0.1, -0.05) is 11.6 Å². The van der Waals surface area contributed by atoms with Crippen LogP contribution in [0.3, 0.4) is 0 Å². The fourth-order valence-corrected chi connectivity index (χ4v) is 2.84. The third-order valence-electron chi connectivity index (χ3n) is 3.22. The van der Waals surface area contributed by atoms with Gasteiger partial charge in [-0.15, -0.1) is 0 Å². The molecule has 1 aliphatic carbocycles. The normalized spacial score (nSPS) is 16.8. The van der Waals surface area contributed by atoms with Crippen molar-refractivity contribution in [2.75, 3.05) is 7.11 Å². The van der Waals surface area contributed by atoms with Gasteiger partial charge >= 0.3 is 0 Å². The lowest BCUT2D eigenvalue weighted by molar-refractivity contribution is 0.192. The lowest BCUT2D eigenvalue weighted by atomic mass is 9.86. The van der Waals surface area contributed by atoms with Gasteiger partial charge in [0.25, 0.3) is 0 Å². The molecule has 16 heavy (non-hydrogen) atoms. The van der Waals surface area contributed by atoms with E-state index in [0.29, 0.717) is 10.8 Å². The molecule has 0 bridgehead atoms. The first kappa shape index (κ1) is 11.7. The Hall–Kier alpha value is -0.730. The molecule has 0 radical (unpaired) electrons. The Morgan fingerprint density at radius 2 is 2.06 bits per heavy atom. The van der Waals surface area contributed by atoms with E-state index in [-0.39, 0.29) is 0 Å². The second-order valence-electron chi connectivity index (χ2n) is 4.33. The molecule has 0 spiro atoms. The van der Waals surface area contributed by atoms with E-state index in [1.807, 2.05) is 6.07 Å². The van der Waals surface area contributed by atoms with Crippen LogP contribution in [0.5, 0.6) is 5.75 Å². The van der Waals surface area contributed by atoms with Gasteiger partial charge in [-0.05, 0) is 49.8 Å². The molecule has 1 N–H and O–H groups in total. The minimum atomic E-state index is -0.527. The highest BCUT2D eigenvalue weighted by molar-refractivity contribution is 6.32. The third kappa shape index (κ3) is 1.92. The quantitative estimate of drug-likeness (QED) is 0.860. The van der Waals surface area contributed by atoms with Crippen LogP contribution >= 0.6 is 11.6 Å². The molecule has 0 aliphatic heterocycles. The van der Waals surface area contributed by atoms with Crippen molar-refractivity contribution in [3.63, 3.8) is 0 Å². The van der Waals surface area contributed by atoms with Crippen molar-refractivity contribution in [1.82, 2.24) is 0 Å². The first-order valence-electron chi connectivity index (χ1n) is 5.71. The summed E-state index contributed by atoms with van der Waals surface area (Å²) in [5.74, 6) is 0.636. The third-order valence-corrected chi connectivity index (χ3v) is 3.50. The Labute approximate surface area is 101 Å². The molecular formula is C13H17ClO2. The smallest absolute Gasteiger partial charge is 0.143 e. The Morgan fingerprint density at radius 3 is 2.69 bits per heavy atom. The summed E-state index contributed by atoms with van der Waals surface area (Å²) in [7, 11) is 1.60. The maximum atomic E-state index is 9.88. The Balaban J connectivity index is 2.64. The fraction of sp³-hybridized carbons (Fsp3) is 0.538. The summed E-state index contributed by atoms with van der Waals surface area (Å²) in [5, 5.41) is 10.5. The van der Waals surface area contributed by atoms with Gasteiger partial charge in [0.05, 0.1) is 18.2 Å². The van der Waals surface area contributed by atoms with Crippen LogP contribution in [-0.2, 0) is 12.8 Å². The van der Waals surface area contributed by atoms with Crippen LogP contribution in [0.1, 0.15) is 42.6 Å². The number of fused-ring (bicyclic) bond motifs is 1. The summed E-state index contributed by atoms with van der Waals surface area (Å²) < 4.78 is 5.31. The highest BCUT2D eigenvalue weighted by Crippen LogP contribution is 2.40. The zero-order chi connectivity index (χ0) is 11.7. The van der Waals surface area contributed by atoms with Crippen LogP contribution < -0.4 is 4.74 Å². The molecule has 2 nitrogen and oxygen atoms in total. The molecule has 0 fully saturated rings. The number of methoxy groups -OCH3 is 1. The first-order chi connectivity index (χ1) is 7.65. The molecule has 0 aromatic heterocycles. The van der Waals surface area contributed by atoms with Crippen LogP contribution in [0.25, 0.3) is 0 Å². The molecule has 1 aromatic carbocycles. The SMILES string of the molecule is COc1c(Cl)cc2c(c1C(C)O)CCCC2. The van der Waals surface area contributed by atoms with E-state index in [2.05, 4.69) is 0 Å². The molecule has 0 amide bonds. The topological polar surface area (TPSA) is 29.5 Å². The number of aryl methyl sites for hydroxylation is 1. The Bertz CT molecular complexity index is 399. The lowest BCUT2D eigenvalue weighted by Crippen LogP contribution is -2.10. The van der Waals surface area contributed by atoms with Crippen molar-refractivity contribution in [2.24, 2.45) is 0 Å². The van der Waals surface area contributed by atoms with Crippen LogP contribution in [0, 0.1) is 0 Å². The van der Waals surface area contributed by atoms with Crippen LogP contribution in [0.15, 0.2) is 6.07 Å². The summed E-state index contributed by atoms with van der Waals surface area (Å²) in [6.07, 6.45) is 3.93. The zero-order valence-electron chi connectivity index (χ0n) is 9.72. The molecule has 1 atom stereocenters. The largest absolute Gasteiger partial charge is 0.495 e. The van der Waals surface area contributed by atoms with Crippen molar-refractivity contribution in [2.45, 2.75) is 38.7 Å². The number of hydrogen-bond acceptors (Lipinski definition) is 2. The van der Waals surface area contributed by atoms with Gasteiger partial charge in [0.1, 0.15) is 5.75 Å². The van der Waals surface area contributed by atoms with E-state index >= 15 is 0 Å². The summed E-state index contributed by atoms with van der Waals surface area (Å²) in [6.45, 7) is 1.77.